The van der Waals surface area contributed by atoms with Gasteiger partial charge in [-0.25, -0.2) is 4.39 Å². The molecule has 0 bridgehead atoms. The number of nitrogens with one attached hydrogen (secondary N) is 1. The SMILES string of the molecule is Cc1cccc(C(=O)NCC(C)(C)CC(C)O)c1F. The van der Waals surface area contributed by atoms with Gasteiger partial charge < -0.3 is 10.4 Å². The smallest absolute Gasteiger partial charge is 0.254 e. The number of rotatable bonds is 5. The molecule has 1 amide bonds. The van der Waals surface area contributed by atoms with Gasteiger partial charge in [0.1, 0.15) is 5.82 Å². The molecule has 0 aliphatic carbocycles. The van der Waals surface area contributed by atoms with E-state index in [0.29, 0.717) is 18.5 Å². The molecule has 1 unspecified atom stereocenters. The van der Waals surface area contributed by atoms with Gasteiger partial charge in [0.2, 0.25) is 0 Å². The lowest BCUT2D eigenvalue weighted by Gasteiger charge is -2.26. The molecule has 0 fully saturated rings. The number of aliphatic hydroxyl groups is 1. The number of aryl methyl sites for hydroxylation is 1. The van der Waals surface area contributed by atoms with Gasteiger partial charge in [-0.3, -0.25) is 4.79 Å². The average molecular weight is 267 g/mol. The summed E-state index contributed by atoms with van der Waals surface area (Å²) in [6.45, 7) is 7.64. The molecular formula is C15H22FNO2. The molecule has 0 heterocycles. The molecule has 1 atom stereocenters. The first-order valence-electron chi connectivity index (χ1n) is 6.44. The van der Waals surface area contributed by atoms with E-state index in [1.54, 1.807) is 26.0 Å². The van der Waals surface area contributed by atoms with E-state index in [1.165, 1.54) is 6.07 Å². The van der Waals surface area contributed by atoms with Crippen molar-refractivity contribution in [2.24, 2.45) is 5.41 Å². The monoisotopic (exact) mass is 267 g/mol. The summed E-state index contributed by atoms with van der Waals surface area (Å²) in [4.78, 5) is 11.9. The predicted molar refractivity (Wildman–Crippen MR) is 73.5 cm³/mol. The van der Waals surface area contributed by atoms with Crippen LogP contribution in [0.25, 0.3) is 0 Å². The zero-order chi connectivity index (χ0) is 14.6. The van der Waals surface area contributed by atoms with Crippen LogP contribution in [0.2, 0.25) is 0 Å². The number of aliphatic hydroxyl groups excluding tert-OH is 1. The van der Waals surface area contributed by atoms with Crippen LogP contribution in [-0.4, -0.2) is 23.7 Å². The van der Waals surface area contributed by atoms with Gasteiger partial charge in [0.25, 0.3) is 5.91 Å². The number of carbonyl (C=O) groups excluding carboxylic acids is 1. The number of benzene rings is 1. The molecule has 0 radical (unpaired) electrons. The Hall–Kier alpha value is -1.42. The second-order valence-corrected chi connectivity index (χ2v) is 5.84. The summed E-state index contributed by atoms with van der Waals surface area (Å²) in [5.41, 5.74) is 0.285. The van der Waals surface area contributed by atoms with E-state index in [2.05, 4.69) is 5.32 Å². The second kappa shape index (κ2) is 6.15. The Labute approximate surface area is 113 Å². The molecule has 0 saturated carbocycles. The number of hydrogen-bond donors (Lipinski definition) is 2. The Morgan fingerprint density at radius 2 is 2.11 bits per heavy atom. The van der Waals surface area contributed by atoms with E-state index in [1.807, 2.05) is 13.8 Å². The Bertz CT molecular complexity index is 455. The maximum Gasteiger partial charge on any atom is 0.254 e. The van der Waals surface area contributed by atoms with E-state index in [0.717, 1.165) is 0 Å². The second-order valence-electron chi connectivity index (χ2n) is 5.84. The van der Waals surface area contributed by atoms with Crippen molar-refractivity contribution in [3.05, 3.63) is 35.1 Å². The highest BCUT2D eigenvalue weighted by atomic mass is 19.1. The highest BCUT2D eigenvalue weighted by Gasteiger charge is 2.22. The number of carbonyl (C=O) groups is 1. The summed E-state index contributed by atoms with van der Waals surface area (Å²) >= 11 is 0. The minimum atomic E-state index is -0.478. The summed E-state index contributed by atoms with van der Waals surface area (Å²) in [6.07, 6.45) is 0.145. The maximum absolute atomic E-state index is 13.8. The van der Waals surface area contributed by atoms with Crippen LogP contribution in [0.4, 0.5) is 4.39 Å². The summed E-state index contributed by atoms with van der Waals surface area (Å²) < 4.78 is 13.8. The zero-order valence-electron chi connectivity index (χ0n) is 12.0. The third-order valence-corrected chi connectivity index (χ3v) is 3.01. The van der Waals surface area contributed by atoms with E-state index in [4.69, 9.17) is 0 Å². The normalized spacial score (nSPS) is 13.2. The van der Waals surface area contributed by atoms with Crippen LogP contribution in [-0.2, 0) is 0 Å². The molecule has 0 aliphatic heterocycles. The van der Waals surface area contributed by atoms with Crippen LogP contribution >= 0.6 is 0 Å². The molecule has 106 valence electrons. The molecule has 0 saturated heterocycles. The minimum Gasteiger partial charge on any atom is -0.393 e. The number of amides is 1. The van der Waals surface area contributed by atoms with Crippen molar-refractivity contribution in [2.75, 3.05) is 6.54 Å². The predicted octanol–water partition coefficient (Wildman–Crippen LogP) is 2.66. The molecule has 1 rings (SSSR count). The third kappa shape index (κ3) is 4.63. The van der Waals surface area contributed by atoms with Crippen molar-refractivity contribution in [2.45, 2.75) is 40.2 Å². The van der Waals surface area contributed by atoms with Crippen molar-refractivity contribution >= 4 is 5.91 Å². The first-order chi connectivity index (χ1) is 8.73. The van der Waals surface area contributed by atoms with Crippen LogP contribution in [0.3, 0.4) is 0 Å². The molecular weight excluding hydrogens is 245 g/mol. The standard InChI is InChI=1S/C15H22FNO2/c1-10-6-5-7-12(13(10)16)14(19)17-9-15(3,4)8-11(2)18/h5-7,11,18H,8-9H2,1-4H3,(H,17,19). The fourth-order valence-corrected chi connectivity index (χ4v) is 2.11. The van der Waals surface area contributed by atoms with Gasteiger partial charge in [0.15, 0.2) is 0 Å². The number of hydrogen-bond acceptors (Lipinski definition) is 2. The van der Waals surface area contributed by atoms with Gasteiger partial charge in [0, 0.05) is 6.54 Å². The van der Waals surface area contributed by atoms with Gasteiger partial charge in [-0.2, -0.15) is 0 Å². The van der Waals surface area contributed by atoms with Crippen molar-refractivity contribution < 1.29 is 14.3 Å². The molecule has 0 aliphatic rings. The van der Waals surface area contributed by atoms with Crippen LogP contribution in [0.1, 0.15) is 43.1 Å². The largest absolute Gasteiger partial charge is 0.393 e. The molecule has 1 aromatic rings. The van der Waals surface area contributed by atoms with Gasteiger partial charge in [-0.15, -0.1) is 0 Å². The van der Waals surface area contributed by atoms with Crippen LogP contribution in [0.5, 0.6) is 0 Å². The molecule has 0 spiro atoms. The maximum atomic E-state index is 13.8. The molecule has 4 heteroatoms. The average Bonchev–Trinajstić information content (AvgIpc) is 2.28. The van der Waals surface area contributed by atoms with Crippen molar-refractivity contribution in [3.8, 4) is 0 Å². The topological polar surface area (TPSA) is 49.3 Å². The fraction of sp³-hybridized carbons (Fsp3) is 0.533. The van der Waals surface area contributed by atoms with Gasteiger partial charge in [-0.1, -0.05) is 26.0 Å². The highest BCUT2D eigenvalue weighted by Crippen LogP contribution is 2.21. The lowest BCUT2D eigenvalue weighted by molar-refractivity contribution is 0.0898. The lowest BCUT2D eigenvalue weighted by Crippen LogP contribution is -2.36. The van der Waals surface area contributed by atoms with Crippen molar-refractivity contribution in [3.63, 3.8) is 0 Å². The first kappa shape index (κ1) is 15.6. The summed E-state index contributed by atoms with van der Waals surface area (Å²) in [5.74, 6) is -0.895. The summed E-state index contributed by atoms with van der Waals surface area (Å²) in [5, 5.41) is 12.1. The Balaban J connectivity index is 2.68. The number of halogens is 1. The van der Waals surface area contributed by atoms with E-state index < -0.39 is 17.8 Å². The highest BCUT2D eigenvalue weighted by molar-refractivity contribution is 5.94. The van der Waals surface area contributed by atoms with Crippen molar-refractivity contribution in [1.29, 1.82) is 0 Å². The van der Waals surface area contributed by atoms with E-state index >= 15 is 0 Å². The quantitative estimate of drug-likeness (QED) is 0.861. The Morgan fingerprint density at radius 3 is 2.68 bits per heavy atom. The molecule has 19 heavy (non-hydrogen) atoms. The van der Waals surface area contributed by atoms with E-state index in [-0.39, 0.29) is 11.0 Å². The van der Waals surface area contributed by atoms with Crippen LogP contribution in [0.15, 0.2) is 18.2 Å². The van der Waals surface area contributed by atoms with Crippen molar-refractivity contribution in [1.82, 2.24) is 5.32 Å². The molecule has 2 N–H and O–H groups in total. The molecule has 0 aromatic heterocycles. The zero-order valence-corrected chi connectivity index (χ0v) is 12.0. The van der Waals surface area contributed by atoms with Gasteiger partial charge >= 0.3 is 0 Å². The third-order valence-electron chi connectivity index (χ3n) is 3.01. The van der Waals surface area contributed by atoms with E-state index in [9.17, 15) is 14.3 Å². The van der Waals surface area contributed by atoms with Gasteiger partial charge in [0.05, 0.1) is 11.7 Å². The molecule has 1 aromatic carbocycles. The lowest BCUT2D eigenvalue weighted by atomic mass is 9.87. The first-order valence-corrected chi connectivity index (χ1v) is 6.44. The van der Waals surface area contributed by atoms with Gasteiger partial charge in [-0.05, 0) is 37.3 Å². The van der Waals surface area contributed by atoms with Crippen LogP contribution < -0.4 is 5.32 Å². The Kier molecular flexibility index (Phi) is 5.06. The summed E-state index contributed by atoms with van der Waals surface area (Å²) in [6, 6.07) is 4.76. The van der Waals surface area contributed by atoms with Crippen LogP contribution in [0, 0.1) is 18.2 Å². The Morgan fingerprint density at radius 1 is 1.47 bits per heavy atom. The fourth-order valence-electron chi connectivity index (χ4n) is 2.11. The summed E-state index contributed by atoms with van der Waals surface area (Å²) in [7, 11) is 0. The molecule has 3 nitrogen and oxygen atoms in total. The minimum absolute atomic E-state index is 0.0628.